The van der Waals surface area contributed by atoms with E-state index in [0.29, 0.717) is 17.7 Å². The molecule has 5 nitrogen and oxygen atoms in total. The van der Waals surface area contributed by atoms with Crippen LogP contribution in [0.3, 0.4) is 0 Å². The Morgan fingerprint density at radius 3 is 2.81 bits per heavy atom. The average molecular weight is 236 g/mol. The quantitative estimate of drug-likeness (QED) is 0.865. The van der Waals surface area contributed by atoms with Crippen molar-refractivity contribution >= 4 is 11.8 Å². The second-order valence-electron chi connectivity index (χ2n) is 3.23. The minimum Gasteiger partial charge on any atom is -0.416 e. The molecular weight excluding hydrogens is 224 g/mol. The molecule has 0 unspecified atom stereocenters. The zero-order chi connectivity index (χ0) is 11.4. The number of nitrogens with zero attached hydrogens (tertiary/aromatic N) is 3. The largest absolute Gasteiger partial charge is 0.416 e. The second-order valence-corrected chi connectivity index (χ2v) is 4.20. The van der Waals surface area contributed by atoms with Crippen LogP contribution in [0.15, 0.2) is 33.0 Å². The molecule has 2 heterocycles. The van der Waals surface area contributed by atoms with Crippen LogP contribution in [0.2, 0.25) is 0 Å². The summed E-state index contributed by atoms with van der Waals surface area (Å²) in [6, 6.07) is 3.93. The van der Waals surface area contributed by atoms with Crippen LogP contribution in [-0.4, -0.2) is 21.7 Å². The second kappa shape index (κ2) is 5.09. The minimum absolute atomic E-state index is 0.511. The maximum absolute atomic E-state index is 5.46. The maximum atomic E-state index is 5.46. The molecule has 16 heavy (non-hydrogen) atoms. The summed E-state index contributed by atoms with van der Waals surface area (Å²) >= 11 is 1.35. The van der Waals surface area contributed by atoms with E-state index in [1.165, 1.54) is 11.8 Å². The number of pyridine rings is 1. The molecule has 0 aromatic carbocycles. The number of nitrogens with two attached hydrogens (primary N) is 1. The van der Waals surface area contributed by atoms with Crippen molar-refractivity contribution in [1.82, 2.24) is 15.2 Å². The third kappa shape index (κ3) is 2.80. The molecule has 0 saturated carbocycles. The Balaban J connectivity index is 2.05. The third-order valence-electron chi connectivity index (χ3n) is 1.93. The number of aromatic nitrogens is 3. The average Bonchev–Trinajstić information content (AvgIpc) is 2.67. The first-order valence-electron chi connectivity index (χ1n) is 4.91. The first-order chi connectivity index (χ1) is 7.78. The van der Waals surface area contributed by atoms with Gasteiger partial charge in [0.15, 0.2) is 0 Å². The van der Waals surface area contributed by atoms with E-state index in [1.54, 1.807) is 6.92 Å². The number of aryl methyl sites for hydroxylation is 1. The highest BCUT2D eigenvalue weighted by Crippen LogP contribution is 2.24. The summed E-state index contributed by atoms with van der Waals surface area (Å²) in [5, 5.41) is 8.98. The highest BCUT2D eigenvalue weighted by molar-refractivity contribution is 7.99. The lowest BCUT2D eigenvalue weighted by atomic mass is 10.2. The molecule has 0 aliphatic rings. The Morgan fingerprint density at radius 1 is 1.38 bits per heavy atom. The Morgan fingerprint density at radius 2 is 2.25 bits per heavy atom. The smallest absolute Gasteiger partial charge is 0.282 e. The topological polar surface area (TPSA) is 77.8 Å². The van der Waals surface area contributed by atoms with Gasteiger partial charge in [-0.05, 0) is 36.4 Å². The molecule has 0 atom stereocenters. The van der Waals surface area contributed by atoms with Crippen molar-refractivity contribution in [3.8, 4) is 0 Å². The monoisotopic (exact) mass is 236 g/mol. The molecule has 0 spiro atoms. The summed E-state index contributed by atoms with van der Waals surface area (Å²) < 4.78 is 5.25. The van der Waals surface area contributed by atoms with Crippen LogP contribution in [0, 0.1) is 6.92 Å². The van der Waals surface area contributed by atoms with Crippen molar-refractivity contribution in [3.05, 3.63) is 29.8 Å². The lowest BCUT2D eigenvalue weighted by molar-refractivity contribution is 0.429. The molecule has 6 heteroatoms. The molecule has 0 radical (unpaired) electrons. The van der Waals surface area contributed by atoms with Crippen LogP contribution in [0.5, 0.6) is 0 Å². The first-order valence-corrected chi connectivity index (χ1v) is 5.72. The van der Waals surface area contributed by atoms with Gasteiger partial charge in [0.25, 0.3) is 5.22 Å². The third-order valence-corrected chi connectivity index (χ3v) is 2.72. The molecule has 0 bridgehead atoms. The van der Waals surface area contributed by atoms with E-state index >= 15 is 0 Å². The van der Waals surface area contributed by atoms with Gasteiger partial charge in [0, 0.05) is 13.1 Å². The predicted octanol–water partition coefficient (Wildman–Crippen LogP) is 1.43. The molecule has 2 rings (SSSR count). The summed E-state index contributed by atoms with van der Waals surface area (Å²) in [6.45, 7) is 2.39. The van der Waals surface area contributed by atoms with Gasteiger partial charge in [-0.1, -0.05) is 6.07 Å². The van der Waals surface area contributed by atoms with Crippen LogP contribution in [0.4, 0.5) is 0 Å². The van der Waals surface area contributed by atoms with E-state index in [9.17, 15) is 0 Å². The van der Waals surface area contributed by atoms with Crippen molar-refractivity contribution < 1.29 is 4.42 Å². The number of hydrogen-bond donors (Lipinski definition) is 1. The van der Waals surface area contributed by atoms with E-state index in [1.807, 2.05) is 18.3 Å². The molecule has 0 saturated heterocycles. The summed E-state index contributed by atoms with van der Waals surface area (Å²) in [5.74, 6) is 0.558. The SMILES string of the molecule is Cc1nnc(Sc2ccc(CCN)cn2)o1. The number of hydrogen-bond acceptors (Lipinski definition) is 6. The first kappa shape index (κ1) is 11.1. The van der Waals surface area contributed by atoms with E-state index < -0.39 is 0 Å². The molecule has 2 aromatic rings. The van der Waals surface area contributed by atoms with Gasteiger partial charge in [-0.15, -0.1) is 10.2 Å². The summed E-state index contributed by atoms with van der Waals surface area (Å²) in [4.78, 5) is 4.28. The van der Waals surface area contributed by atoms with Crippen molar-refractivity contribution in [2.45, 2.75) is 23.6 Å². The number of rotatable bonds is 4. The summed E-state index contributed by atoms with van der Waals surface area (Å²) in [6.07, 6.45) is 2.66. The molecule has 0 aliphatic heterocycles. The standard InChI is InChI=1S/C10H12N4OS/c1-7-13-14-10(15-7)16-9-3-2-8(4-5-11)6-12-9/h2-3,6H,4-5,11H2,1H3. The Labute approximate surface area is 97.5 Å². The molecule has 84 valence electrons. The molecule has 2 N–H and O–H groups in total. The fourth-order valence-corrected chi connectivity index (χ4v) is 1.86. The fraction of sp³-hybridized carbons (Fsp3) is 0.300. The van der Waals surface area contributed by atoms with Gasteiger partial charge in [-0.25, -0.2) is 4.98 Å². The van der Waals surface area contributed by atoms with Crippen molar-refractivity contribution in [1.29, 1.82) is 0 Å². The molecule has 0 fully saturated rings. The lowest BCUT2D eigenvalue weighted by Gasteiger charge is -1.99. The highest BCUT2D eigenvalue weighted by Gasteiger charge is 2.05. The molecule has 0 aliphatic carbocycles. The van der Waals surface area contributed by atoms with Gasteiger partial charge in [-0.2, -0.15) is 0 Å². The zero-order valence-corrected chi connectivity index (χ0v) is 9.70. The van der Waals surface area contributed by atoms with Gasteiger partial charge < -0.3 is 10.2 Å². The van der Waals surface area contributed by atoms with E-state index in [4.69, 9.17) is 10.2 Å². The Kier molecular flexibility index (Phi) is 3.53. The maximum Gasteiger partial charge on any atom is 0.282 e. The summed E-state index contributed by atoms with van der Waals surface area (Å²) in [7, 11) is 0. The van der Waals surface area contributed by atoms with Crippen LogP contribution in [-0.2, 0) is 6.42 Å². The molecular formula is C10H12N4OS. The van der Waals surface area contributed by atoms with Crippen molar-refractivity contribution in [3.63, 3.8) is 0 Å². The van der Waals surface area contributed by atoms with Gasteiger partial charge in [0.2, 0.25) is 5.89 Å². The van der Waals surface area contributed by atoms with Crippen LogP contribution in [0.1, 0.15) is 11.5 Å². The van der Waals surface area contributed by atoms with E-state index in [-0.39, 0.29) is 0 Å². The molecule has 2 aromatic heterocycles. The van der Waals surface area contributed by atoms with Gasteiger partial charge in [-0.3, -0.25) is 0 Å². The highest BCUT2D eigenvalue weighted by atomic mass is 32.2. The van der Waals surface area contributed by atoms with Crippen molar-refractivity contribution in [2.75, 3.05) is 6.54 Å². The Hall–Kier alpha value is -1.40. The van der Waals surface area contributed by atoms with Gasteiger partial charge >= 0.3 is 0 Å². The van der Waals surface area contributed by atoms with E-state index in [0.717, 1.165) is 17.0 Å². The Bertz CT molecular complexity index is 454. The fourth-order valence-electron chi connectivity index (χ4n) is 1.19. The van der Waals surface area contributed by atoms with Crippen LogP contribution >= 0.6 is 11.8 Å². The van der Waals surface area contributed by atoms with Gasteiger partial charge in [0.05, 0.1) is 0 Å². The molecule has 0 amide bonds. The minimum atomic E-state index is 0.511. The van der Waals surface area contributed by atoms with Crippen LogP contribution < -0.4 is 5.73 Å². The van der Waals surface area contributed by atoms with Gasteiger partial charge in [0.1, 0.15) is 5.03 Å². The normalized spacial score (nSPS) is 10.6. The van der Waals surface area contributed by atoms with Crippen LogP contribution in [0.25, 0.3) is 0 Å². The zero-order valence-electron chi connectivity index (χ0n) is 8.88. The van der Waals surface area contributed by atoms with Crippen molar-refractivity contribution in [2.24, 2.45) is 5.73 Å². The summed E-state index contributed by atoms with van der Waals surface area (Å²) in [5.41, 5.74) is 6.59. The predicted molar refractivity (Wildman–Crippen MR) is 60.2 cm³/mol. The lowest BCUT2D eigenvalue weighted by Crippen LogP contribution is -2.02. The van der Waals surface area contributed by atoms with E-state index in [2.05, 4.69) is 15.2 Å².